The number of benzene rings is 1. The van der Waals surface area contributed by atoms with E-state index in [0.29, 0.717) is 6.42 Å². The van der Waals surface area contributed by atoms with Crippen LogP contribution in [0, 0.1) is 0 Å². The van der Waals surface area contributed by atoms with Crippen LogP contribution in [0.25, 0.3) is 11.3 Å². The number of aromatic nitrogens is 2. The summed E-state index contributed by atoms with van der Waals surface area (Å²) in [5, 5.41) is 4.29. The predicted molar refractivity (Wildman–Crippen MR) is 70.0 cm³/mol. The summed E-state index contributed by atoms with van der Waals surface area (Å²) in [4.78, 5) is 0. The molecule has 0 N–H and O–H groups in total. The van der Waals surface area contributed by atoms with Gasteiger partial charge in [0.05, 0.1) is 23.2 Å². The lowest BCUT2D eigenvalue weighted by atomic mass is 10.1. The zero-order chi connectivity index (χ0) is 12.6. The molecule has 4 nitrogen and oxygen atoms in total. The molecule has 3 rings (SSSR count). The van der Waals surface area contributed by atoms with Crippen molar-refractivity contribution < 1.29 is 8.42 Å². The van der Waals surface area contributed by atoms with Gasteiger partial charge in [-0.05, 0) is 18.1 Å². The maximum atomic E-state index is 11.5. The Morgan fingerprint density at radius 2 is 1.94 bits per heavy atom. The molecule has 2 aromatic rings. The Hall–Kier alpha value is -1.62. The van der Waals surface area contributed by atoms with E-state index in [4.69, 9.17) is 0 Å². The van der Waals surface area contributed by atoms with Gasteiger partial charge in [0, 0.05) is 6.20 Å². The van der Waals surface area contributed by atoms with Crippen LogP contribution in [0.5, 0.6) is 0 Å². The highest BCUT2D eigenvalue weighted by Gasteiger charge is 2.30. The van der Waals surface area contributed by atoms with Crippen LogP contribution in [-0.2, 0) is 9.84 Å². The summed E-state index contributed by atoms with van der Waals surface area (Å²) in [5.41, 5.74) is 2.05. The van der Waals surface area contributed by atoms with Crippen molar-refractivity contribution in [2.45, 2.75) is 12.5 Å². The van der Waals surface area contributed by atoms with Crippen LogP contribution in [0.15, 0.2) is 42.6 Å². The van der Waals surface area contributed by atoms with E-state index in [1.807, 2.05) is 41.1 Å². The molecule has 0 saturated carbocycles. The molecular formula is C13H14N2O2S. The van der Waals surface area contributed by atoms with Gasteiger partial charge in [-0.25, -0.2) is 8.42 Å². The van der Waals surface area contributed by atoms with Gasteiger partial charge in [0.1, 0.15) is 0 Å². The molecule has 1 aromatic heterocycles. The number of hydrogen-bond donors (Lipinski definition) is 0. The van der Waals surface area contributed by atoms with Crippen molar-refractivity contribution in [3.05, 3.63) is 42.6 Å². The molecule has 1 aliphatic rings. The van der Waals surface area contributed by atoms with E-state index in [1.165, 1.54) is 0 Å². The molecule has 0 spiro atoms. The zero-order valence-electron chi connectivity index (χ0n) is 9.86. The van der Waals surface area contributed by atoms with Crippen LogP contribution in [0.4, 0.5) is 0 Å². The van der Waals surface area contributed by atoms with Crippen LogP contribution in [-0.4, -0.2) is 29.7 Å². The predicted octanol–water partition coefficient (Wildman–Crippen LogP) is 1.91. The Balaban J connectivity index is 1.98. The molecule has 1 aromatic carbocycles. The molecule has 1 atom stereocenters. The maximum absolute atomic E-state index is 11.5. The lowest BCUT2D eigenvalue weighted by Crippen LogP contribution is -2.13. The average Bonchev–Trinajstić information content (AvgIpc) is 2.96. The van der Waals surface area contributed by atoms with E-state index in [-0.39, 0.29) is 17.5 Å². The molecule has 0 unspecified atom stereocenters. The van der Waals surface area contributed by atoms with E-state index in [2.05, 4.69) is 5.10 Å². The van der Waals surface area contributed by atoms with Gasteiger partial charge in [-0.1, -0.05) is 30.3 Å². The molecule has 94 valence electrons. The third-order valence-corrected chi connectivity index (χ3v) is 5.04. The van der Waals surface area contributed by atoms with E-state index < -0.39 is 9.84 Å². The second-order valence-corrected chi connectivity index (χ2v) is 6.81. The topological polar surface area (TPSA) is 52.0 Å². The molecular weight excluding hydrogens is 248 g/mol. The minimum Gasteiger partial charge on any atom is -0.261 e. The highest BCUT2D eigenvalue weighted by atomic mass is 32.2. The first-order valence-electron chi connectivity index (χ1n) is 5.95. The number of rotatable bonds is 2. The van der Waals surface area contributed by atoms with Crippen molar-refractivity contribution in [3.63, 3.8) is 0 Å². The first-order chi connectivity index (χ1) is 8.66. The Morgan fingerprint density at radius 3 is 2.61 bits per heavy atom. The summed E-state index contributed by atoms with van der Waals surface area (Å²) in [6.07, 6.45) is 2.39. The van der Waals surface area contributed by atoms with Crippen molar-refractivity contribution >= 4 is 9.84 Å². The average molecular weight is 262 g/mol. The molecule has 0 radical (unpaired) electrons. The summed E-state index contributed by atoms with van der Waals surface area (Å²) < 4.78 is 24.9. The largest absolute Gasteiger partial charge is 0.261 e. The minimum atomic E-state index is -2.88. The van der Waals surface area contributed by atoms with Gasteiger partial charge in [-0.15, -0.1) is 0 Å². The van der Waals surface area contributed by atoms with Gasteiger partial charge in [0.25, 0.3) is 0 Å². The van der Waals surface area contributed by atoms with Crippen molar-refractivity contribution in [1.29, 1.82) is 0 Å². The lowest BCUT2D eigenvalue weighted by molar-refractivity contribution is 0.505. The Kier molecular flexibility index (Phi) is 2.70. The van der Waals surface area contributed by atoms with Crippen LogP contribution in [0.1, 0.15) is 12.5 Å². The Bertz CT molecular complexity index is 647. The molecule has 18 heavy (non-hydrogen) atoms. The van der Waals surface area contributed by atoms with Gasteiger partial charge in [-0.2, -0.15) is 5.10 Å². The molecule has 1 saturated heterocycles. The second kappa shape index (κ2) is 4.24. The van der Waals surface area contributed by atoms with Crippen LogP contribution in [0.3, 0.4) is 0 Å². The molecule has 0 aliphatic carbocycles. The maximum Gasteiger partial charge on any atom is 0.152 e. The third-order valence-electron chi connectivity index (χ3n) is 3.29. The van der Waals surface area contributed by atoms with Crippen molar-refractivity contribution in [2.75, 3.05) is 11.5 Å². The van der Waals surface area contributed by atoms with Crippen molar-refractivity contribution in [2.24, 2.45) is 0 Å². The zero-order valence-corrected chi connectivity index (χ0v) is 10.7. The van der Waals surface area contributed by atoms with Gasteiger partial charge in [0.15, 0.2) is 9.84 Å². The lowest BCUT2D eigenvalue weighted by Gasteiger charge is -2.13. The molecule has 1 fully saturated rings. The number of nitrogens with zero attached hydrogens (tertiary/aromatic N) is 2. The number of sulfone groups is 1. The van der Waals surface area contributed by atoms with E-state index in [9.17, 15) is 8.42 Å². The highest BCUT2D eigenvalue weighted by molar-refractivity contribution is 7.91. The third kappa shape index (κ3) is 2.06. The van der Waals surface area contributed by atoms with Crippen LogP contribution >= 0.6 is 0 Å². The summed E-state index contributed by atoms with van der Waals surface area (Å²) >= 11 is 0. The fourth-order valence-electron chi connectivity index (χ4n) is 2.41. The van der Waals surface area contributed by atoms with Crippen molar-refractivity contribution in [3.8, 4) is 11.3 Å². The monoisotopic (exact) mass is 262 g/mol. The second-order valence-electron chi connectivity index (χ2n) is 4.58. The van der Waals surface area contributed by atoms with E-state index in [0.717, 1.165) is 11.3 Å². The van der Waals surface area contributed by atoms with Crippen LogP contribution < -0.4 is 0 Å². The van der Waals surface area contributed by atoms with Crippen molar-refractivity contribution in [1.82, 2.24) is 9.78 Å². The van der Waals surface area contributed by atoms with E-state index >= 15 is 0 Å². The number of hydrogen-bond acceptors (Lipinski definition) is 3. The highest BCUT2D eigenvalue weighted by Crippen LogP contribution is 2.28. The molecule has 5 heteroatoms. The Labute approximate surface area is 106 Å². The standard InChI is InChI=1S/C13H14N2O2S/c16-18(17)9-7-12(10-18)15-13(6-8-14-15)11-4-2-1-3-5-11/h1-6,8,12H,7,9-10H2/t12-/m0/s1. The molecule has 0 bridgehead atoms. The first kappa shape index (κ1) is 11.5. The molecule has 0 amide bonds. The van der Waals surface area contributed by atoms with Gasteiger partial charge in [0.2, 0.25) is 0 Å². The molecule has 2 heterocycles. The normalized spacial score (nSPS) is 22.1. The first-order valence-corrected chi connectivity index (χ1v) is 7.77. The van der Waals surface area contributed by atoms with Gasteiger partial charge < -0.3 is 0 Å². The smallest absolute Gasteiger partial charge is 0.152 e. The Morgan fingerprint density at radius 1 is 1.17 bits per heavy atom. The fraction of sp³-hybridized carbons (Fsp3) is 0.308. The van der Waals surface area contributed by atoms with Gasteiger partial charge >= 0.3 is 0 Å². The summed E-state index contributed by atoms with van der Waals surface area (Å²) in [7, 11) is -2.88. The summed E-state index contributed by atoms with van der Waals surface area (Å²) in [5.74, 6) is 0.472. The summed E-state index contributed by atoms with van der Waals surface area (Å²) in [6.45, 7) is 0. The fourth-order valence-corrected chi connectivity index (χ4v) is 4.10. The van der Waals surface area contributed by atoms with Gasteiger partial charge in [-0.3, -0.25) is 4.68 Å². The SMILES string of the molecule is O=S1(=O)CC[C@H](n2nccc2-c2ccccc2)C1. The molecule has 1 aliphatic heterocycles. The quantitative estimate of drug-likeness (QED) is 0.830. The van der Waals surface area contributed by atoms with Crippen LogP contribution in [0.2, 0.25) is 0 Å². The van der Waals surface area contributed by atoms with E-state index in [1.54, 1.807) is 6.20 Å². The minimum absolute atomic E-state index is 0.0276. The summed E-state index contributed by atoms with van der Waals surface area (Å²) in [6, 6.07) is 11.8.